The fourth-order valence-corrected chi connectivity index (χ4v) is 4.19. The SMILES string of the molecule is CCOC(=O)c1c(NC(=O)CSc2ccc(F)cc2)sc2ccccc12. The molecule has 0 atom stereocenters. The molecular formula is C19H16FNO3S2. The predicted octanol–water partition coefficient (Wildman–Crippen LogP) is 4.95. The van der Waals surface area contributed by atoms with E-state index in [2.05, 4.69) is 5.32 Å². The summed E-state index contributed by atoms with van der Waals surface area (Å²) in [5.41, 5.74) is 0.382. The number of hydrogen-bond donors (Lipinski definition) is 1. The number of carbonyl (C=O) groups excluding carboxylic acids is 2. The van der Waals surface area contributed by atoms with Gasteiger partial charge in [0.15, 0.2) is 0 Å². The van der Waals surface area contributed by atoms with Crippen LogP contribution in [0.1, 0.15) is 17.3 Å². The van der Waals surface area contributed by atoms with Crippen molar-refractivity contribution < 1.29 is 18.7 Å². The van der Waals surface area contributed by atoms with Crippen LogP contribution in [0.25, 0.3) is 10.1 Å². The van der Waals surface area contributed by atoms with Gasteiger partial charge in [0.05, 0.1) is 12.4 Å². The van der Waals surface area contributed by atoms with Crippen LogP contribution in [0.4, 0.5) is 9.39 Å². The minimum Gasteiger partial charge on any atom is -0.462 e. The van der Waals surface area contributed by atoms with Crippen LogP contribution in [-0.2, 0) is 9.53 Å². The number of thiophene rings is 1. The third kappa shape index (κ3) is 4.23. The second-order valence-electron chi connectivity index (χ2n) is 5.31. The Bertz CT molecular complexity index is 938. The number of nitrogens with one attached hydrogen (secondary N) is 1. The second-order valence-corrected chi connectivity index (χ2v) is 7.41. The van der Waals surface area contributed by atoms with Gasteiger partial charge < -0.3 is 10.1 Å². The number of hydrogen-bond acceptors (Lipinski definition) is 5. The van der Waals surface area contributed by atoms with Crippen LogP contribution >= 0.6 is 23.1 Å². The van der Waals surface area contributed by atoms with E-state index in [0.29, 0.717) is 10.6 Å². The monoisotopic (exact) mass is 389 g/mol. The fraction of sp³-hybridized carbons (Fsp3) is 0.158. The van der Waals surface area contributed by atoms with Gasteiger partial charge in [0.25, 0.3) is 0 Å². The maximum absolute atomic E-state index is 12.9. The number of esters is 1. The minimum absolute atomic E-state index is 0.155. The van der Waals surface area contributed by atoms with Crippen molar-refractivity contribution in [3.8, 4) is 0 Å². The Morgan fingerprint density at radius 3 is 2.62 bits per heavy atom. The number of thioether (sulfide) groups is 1. The van der Waals surface area contributed by atoms with Crippen molar-refractivity contribution in [2.45, 2.75) is 11.8 Å². The number of carbonyl (C=O) groups is 2. The van der Waals surface area contributed by atoms with Crippen molar-refractivity contribution in [2.24, 2.45) is 0 Å². The topological polar surface area (TPSA) is 55.4 Å². The van der Waals surface area contributed by atoms with E-state index < -0.39 is 5.97 Å². The number of fused-ring (bicyclic) bond motifs is 1. The van der Waals surface area contributed by atoms with Gasteiger partial charge in [-0.1, -0.05) is 18.2 Å². The van der Waals surface area contributed by atoms with Gasteiger partial charge in [-0.15, -0.1) is 23.1 Å². The standard InChI is InChI=1S/C19H16FNO3S2/c1-2-24-19(23)17-14-5-3-4-6-15(14)26-18(17)21-16(22)11-25-13-9-7-12(20)8-10-13/h3-10H,2,11H2,1H3,(H,21,22). The van der Waals surface area contributed by atoms with Crippen LogP contribution in [0.15, 0.2) is 53.4 Å². The molecule has 1 aromatic heterocycles. The number of rotatable bonds is 6. The lowest BCUT2D eigenvalue weighted by molar-refractivity contribution is -0.113. The van der Waals surface area contributed by atoms with Gasteiger partial charge in [0, 0.05) is 15.0 Å². The lowest BCUT2D eigenvalue weighted by Crippen LogP contribution is -2.16. The van der Waals surface area contributed by atoms with Crippen molar-refractivity contribution in [3.63, 3.8) is 0 Å². The quantitative estimate of drug-likeness (QED) is 0.479. The molecule has 2 aromatic carbocycles. The Hall–Kier alpha value is -2.38. The molecule has 134 valence electrons. The highest BCUT2D eigenvalue weighted by atomic mass is 32.2. The van der Waals surface area contributed by atoms with E-state index in [1.807, 2.05) is 24.3 Å². The Morgan fingerprint density at radius 2 is 1.88 bits per heavy atom. The van der Waals surface area contributed by atoms with Gasteiger partial charge in [0.1, 0.15) is 16.4 Å². The summed E-state index contributed by atoms with van der Waals surface area (Å²) < 4.78 is 19.0. The van der Waals surface area contributed by atoms with E-state index >= 15 is 0 Å². The third-order valence-electron chi connectivity index (χ3n) is 3.51. The molecule has 4 nitrogen and oxygen atoms in total. The van der Waals surface area contributed by atoms with E-state index in [-0.39, 0.29) is 24.1 Å². The van der Waals surface area contributed by atoms with Crippen molar-refractivity contribution in [2.75, 3.05) is 17.7 Å². The molecule has 0 aliphatic carbocycles. The van der Waals surface area contributed by atoms with Crippen LogP contribution in [0.5, 0.6) is 0 Å². The average molecular weight is 389 g/mol. The molecule has 7 heteroatoms. The van der Waals surface area contributed by atoms with Gasteiger partial charge >= 0.3 is 5.97 Å². The Balaban J connectivity index is 1.76. The van der Waals surface area contributed by atoms with Crippen LogP contribution in [0.3, 0.4) is 0 Å². The second kappa shape index (κ2) is 8.33. The van der Waals surface area contributed by atoms with Crippen molar-refractivity contribution >= 4 is 50.1 Å². The molecule has 1 amide bonds. The summed E-state index contributed by atoms with van der Waals surface area (Å²) in [5, 5.41) is 4.05. The first-order valence-electron chi connectivity index (χ1n) is 7.95. The van der Waals surface area contributed by atoms with Gasteiger partial charge in [-0.2, -0.15) is 0 Å². The van der Waals surface area contributed by atoms with Gasteiger partial charge in [0.2, 0.25) is 5.91 Å². The van der Waals surface area contributed by atoms with Crippen molar-refractivity contribution in [1.29, 1.82) is 0 Å². The summed E-state index contributed by atoms with van der Waals surface area (Å²) in [5.74, 6) is -0.853. The number of anilines is 1. The molecule has 0 spiro atoms. The van der Waals surface area contributed by atoms with Crippen LogP contribution in [0, 0.1) is 5.82 Å². The Labute approximate surface area is 158 Å². The summed E-state index contributed by atoms with van der Waals surface area (Å²) in [7, 11) is 0. The number of amides is 1. The zero-order valence-corrected chi connectivity index (χ0v) is 15.6. The highest BCUT2D eigenvalue weighted by Gasteiger charge is 2.21. The van der Waals surface area contributed by atoms with Gasteiger partial charge in [-0.05, 0) is 37.3 Å². The lowest BCUT2D eigenvalue weighted by atomic mass is 10.1. The van der Waals surface area contributed by atoms with E-state index in [9.17, 15) is 14.0 Å². The van der Waals surface area contributed by atoms with Crippen molar-refractivity contribution in [1.82, 2.24) is 0 Å². The average Bonchev–Trinajstić information content (AvgIpc) is 2.99. The number of benzene rings is 2. The Morgan fingerprint density at radius 1 is 1.15 bits per heavy atom. The summed E-state index contributed by atoms with van der Waals surface area (Å²) in [6, 6.07) is 13.4. The molecule has 0 aliphatic rings. The number of ether oxygens (including phenoxy) is 1. The predicted molar refractivity (Wildman–Crippen MR) is 104 cm³/mol. The van der Waals surface area contributed by atoms with E-state index in [0.717, 1.165) is 15.0 Å². The van der Waals surface area contributed by atoms with Crippen molar-refractivity contribution in [3.05, 3.63) is 59.9 Å². The zero-order valence-electron chi connectivity index (χ0n) is 14.0. The zero-order chi connectivity index (χ0) is 18.5. The van der Waals surface area contributed by atoms with Crippen LogP contribution < -0.4 is 5.32 Å². The molecule has 26 heavy (non-hydrogen) atoms. The van der Waals surface area contributed by atoms with E-state index in [1.165, 1.54) is 35.2 Å². The Kier molecular flexibility index (Phi) is 5.90. The lowest BCUT2D eigenvalue weighted by Gasteiger charge is -2.07. The van der Waals surface area contributed by atoms with Gasteiger partial charge in [-0.25, -0.2) is 9.18 Å². The third-order valence-corrected chi connectivity index (χ3v) is 5.61. The fourth-order valence-electron chi connectivity index (χ4n) is 2.38. The molecule has 0 saturated carbocycles. The molecule has 0 radical (unpaired) electrons. The van der Waals surface area contributed by atoms with Gasteiger partial charge in [-0.3, -0.25) is 4.79 Å². The first kappa shape index (κ1) is 18.4. The molecule has 0 aliphatic heterocycles. The molecule has 3 rings (SSSR count). The maximum atomic E-state index is 12.9. The molecule has 0 saturated heterocycles. The molecule has 0 fully saturated rings. The largest absolute Gasteiger partial charge is 0.462 e. The summed E-state index contributed by atoms with van der Waals surface area (Å²) >= 11 is 2.64. The smallest absolute Gasteiger partial charge is 0.341 e. The summed E-state index contributed by atoms with van der Waals surface area (Å²) in [6.45, 7) is 2.00. The molecule has 1 N–H and O–H groups in total. The normalized spacial score (nSPS) is 10.7. The minimum atomic E-state index is -0.452. The highest BCUT2D eigenvalue weighted by molar-refractivity contribution is 8.00. The maximum Gasteiger partial charge on any atom is 0.341 e. The van der Waals surface area contributed by atoms with E-state index in [4.69, 9.17) is 4.74 Å². The summed E-state index contributed by atoms with van der Waals surface area (Å²) in [4.78, 5) is 25.4. The highest BCUT2D eigenvalue weighted by Crippen LogP contribution is 2.36. The van der Waals surface area contributed by atoms with Crippen LogP contribution in [0.2, 0.25) is 0 Å². The molecule has 0 unspecified atom stereocenters. The first-order valence-corrected chi connectivity index (χ1v) is 9.75. The van der Waals surface area contributed by atoms with E-state index in [1.54, 1.807) is 19.1 Å². The molecule has 3 aromatic rings. The number of halogens is 1. The molecule has 1 heterocycles. The molecular weight excluding hydrogens is 373 g/mol. The summed E-state index contributed by atoms with van der Waals surface area (Å²) in [6.07, 6.45) is 0. The molecule has 0 bridgehead atoms. The van der Waals surface area contributed by atoms with Crippen LogP contribution in [-0.4, -0.2) is 24.2 Å². The first-order chi connectivity index (χ1) is 12.6.